The van der Waals surface area contributed by atoms with E-state index in [1.807, 2.05) is 55.7 Å². The highest BCUT2D eigenvalue weighted by Gasteiger charge is 2.18. The molecule has 4 heteroatoms. The Morgan fingerprint density at radius 1 is 1.04 bits per heavy atom. The molecule has 0 aliphatic heterocycles. The van der Waals surface area contributed by atoms with Crippen LogP contribution in [0.3, 0.4) is 0 Å². The molecule has 0 saturated carbocycles. The number of aromatic nitrogens is 1. The molecule has 1 aromatic heterocycles. The molecule has 0 fully saturated rings. The fraction of sp³-hybridized carbons (Fsp3) is 0.190. The Balaban J connectivity index is 1.82. The van der Waals surface area contributed by atoms with Gasteiger partial charge in [0.25, 0.3) is 0 Å². The molecule has 0 saturated heterocycles. The summed E-state index contributed by atoms with van der Waals surface area (Å²) in [6.45, 7) is 4.03. The van der Waals surface area contributed by atoms with E-state index in [-0.39, 0.29) is 11.9 Å². The second-order valence-electron chi connectivity index (χ2n) is 6.30. The Hall–Kier alpha value is -2.52. The summed E-state index contributed by atoms with van der Waals surface area (Å²) in [5, 5.41) is 3.49. The molecule has 3 nitrogen and oxygen atoms in total. The van der Waals surface area contributed by atoms with Gasteiger partial charge in [-0.3, -0.25) is 4.79 Å². The highest BCUT2D eigenvalue weighted by molar-refractivity contribution is 6.33. The van der Waals surface area contributed by atoms with E-state index in [0.717, 1.165) is 11.1 Å². The maximum absolute atomic E-state index is 12.6. The lowest BCUT2D eigenvalue weighted by molar-refractivity contribution is -0.116. The molecule has 0 aliphatic rings. The van der Waals surface area contributed by atoms with E-state index < -0.39 is 0 Å². The second kappa shape index (κ2) is 7.58. The molecular formula is C21H21ClN2O. The van der Waals surface area contributed by atoms with E-state index in [1.54, 1.807) is 0 Å². The molecule has 1 N–H and O–H groups in total. The van der Waals surface area contributed by atoms with Gasteiger partial charge in [-0.05, 0) is 49.2 Å². The molecule has 3 rings (SSSR count). The normalized spacial score (nSPS) is 12.0. The van der Waals surface area contributed by atoms with E-state index in [2.05, 4.69) is 35.0 Å². The maximum atomic E-state index is 12.6. The molecule has 1 amide bonds. The quantitative estimate of drug-likeness (QED) is 0.657. The Morgan fingerprint density at radius 2 is 1.76 bits per heavy atom. The maximum Gasteiger partial charge on any atom is 0.226 e. The summed E-state index contributed by atoms with van der Waals surface area (Å²) in [5.74, 6) is -0.0639. The van der Waals surface area contributed by atoms with E-state index in [4.69, 9.17) is 11.6 Å². The van der Waals surface area contributed by atoms with Crippen LogP contribution in [-0.2, 0) is 4.79 Å². The van der Waals surface area contributed by atoms with Crippen molar-refractivity contribution in [2.75, 3.05) is 5.32 Å². The molecule has 25 heavy (non-hydrogen) atoms. The Morgan fingerprint density at radius 3 is 2.44 bits per heavy atom. The number of halogens is 1. The van der Waals surface area contributed by atoms with Crippen molar-refractivity contribution in [2.24, 2.45) is 0 Å². The van der Waals surface area contributed by atoms with Crippen LogP contribution in [0, 0.1) is 13.8 Å². The van der Waals surface area contributed by atoms with Gasteiger partial charge < -0.3 is 9.88 Å². The fourth-order valence-electron chi connectivity index (χ4n) is 2.93. The third-order valence-electron chi connectivity index (χ3n) is 4.19. The zero-order valence-corrected chi connectivity index (χ0v) is 15.1. The van der Waals surface area contributed by atoms with Crippen molar-refractivity contribution in [3.8, 4) is 0 Å². The van der Waals surface area contributed by atoms with Crippen LogP contribution in [0.15, 0.2) is 67.0 Å². The average molecular weight is 353 g/mol. The number of anilines is 1. The van der Waals surface area contributed by atoms with Crippen LogP contribution in [0.25, 0.3) is 0 Å². The topological polar surface area (TPSA) is 34.0 Å². The highest BCUT2D eigenvalue weighted by atomic mass is 35.5. The predicted molar refractivity (Wildman–Crippen MR) is 103 cm³/mol. The molecule has 0 aliphatic carbocycles. The number of aryl methyl sites for hydroxylation is 2. The molecule has 128 valence electrons. The third-order valence-corrected chi connectivity index (χ3v) is 4.50. The molecule has 0 radical (unpaired) electrons. The standard InChI is InChI=1S/C21H21ClN2O/c1-15-6-5-7-17(12-15)20(24-10-3-4-11-24)14-21(25)23-19-9-8-16(2)13-18(19)22/h3-13,20H,14H2,1-2H3,(H,23,25). The minimum atomic E-state index is -0.0639. The Labute approximate surface area is 153 Å². The number of rotatable bonds is 5. The van der Waals surface area contributed by atoms with Gasteiger partial charge in [-0.2, -0.15) is 0 Å². The van der Waals surface area contributed by atoms with Crippen molar-refractivity contribution >= 4 is 23.2 Å². The zero-order chi connectivity index (χ0) is 17.8. The molecule has 2 aromatic carbocycles. The van der Waals surface area contributed by atoms with Crippen molar-refractivity contribution < 1.29 is 4.79 Å². The van der Waals surface area contributed by atoms with Crippen LogP contribution < -0.4 is 5.32 Å². The minimum Gasteiger partial charge on any atom is -0.346 e. The first-order chi connectivity index (χ1) is 12.0. The van der Waals surface area contributed by atoms with E-state index in [1.165, 1.54) is 5.56 Å². The van der Waals surface area contributed by atoms with Crippen LogP contribution in [0.1, 0.15) is 29.2 Å². The van der Waals surface area contributed by atoms with Gasteiger partial charge >= 0.3 is 0 Å². The lowest BCUT2D eigenvalue weighted by atomic mass is 10.0. The summed E-state index contributed by atoms with van der Waals surface area (Å²) in [6, 6.07) is 17.8. The van der Waals surface area contributed by atoms with Gasteiger partial charge in [-0.1, -0.05) is 47.5 Å². The molecule has 1 heterocycles. The van der Waals surface area contributed by atoms with Gasteiger partial charge in [0, 0.05) is 12.4 Å². The number of carbonyl (C=O) groups is 1. The highest BCUT2D eigenvalue weighted by Crippen LogP contribution is 2.26. The van der Waals surface area contributed by atoms with Crippen LogP contribution in [0.5, 0.6) is 0 Å². The molecule has 3 aromatic rings. The summed E-state index contributed by atoms with van der Waals surface area (Å²) >= 11 is 6.23. The first-order valence-corrected chi connectivity index (χ1v) is 8.66. The molecule has 1 atom stereocenters. The number of carbonyl (C=O) groups excluding carboxylic acids is 1. The largest absolute Gasteiger partial charge is 0.346 e. The van der Waals surface area contributed by atoms with Gasteiger partial charge in [0.15, 0.2) is 0 Å². The zero-order valence-electron chi connectivity index (χ0n) is 14.4. The number of benzene rings is 2. The van der Waals surface area contributed by atoms with Crippen molar-refractivity contribution in [3.63, 3.8) is 0 Å². The van der Waals surface area contributed by atoms with Gasteiger partial charge in [0.05, 0.1) is 23.2 Å². The molecule has 1 unspecified atom stereocenters. The van der Waals surface area contributed by atoms with Crippen LogP contribution in [0.4, 0.5) is 5.69 Å². The number of hydrogen-bond donors (Lipinski definition) is 1. The van der Waals surface area contributed by atoms with Crippen molar-refractivity contribution in [1.29, 1.82) is 0 Å². The third kappa shape index (κ3) is 4.31. The van der Waals surface area contributed by atoms with Crippen molar-refractivity contribution in [3.05, 3.63) is 88.7 Å². The van der Waals surface area contributed by atoms with E-state index in [0.29, 0.717) is 17.1 Å². The van der Waals surface area contributed by atoms with E-state index >= 15 is 0 Å². The fourth-order valence-corrected chi connectivity index (χ4v) is 3.21. The number of nitrogens with one attached hydrogen (secondary N) is 1. The summed E-state index contributed by atoms with van der Waals surface area (Å²) in [6.07, 6.45) is 4.31. The van der Waals surface area contributed by atoms with Crippen LogP contribution in [-0.4, -0.2) is 10.5 Å². The molecular weight excluding hydrogens is 332 g/mol. The first kappa shape index (κ1) is 17.3. The van der Waals surface area contributed by atoms with Gasteiger partial charge in [-0.15, -0.1) is 0 Å². The first-order valence-electron chi connectivity index (χ1n) is 8.28. The lowest BCUT2D eigenvalue weighted by Crippen LogP contribution is -2.20. The molecule has 0 bridgehead atoms. The van der Waals surface area contributed by atoms with Crippen LogP contribution >= 0.6 is 11.6 Å². The lowest BCUT2D eigenvalue weighted by Gasteiger charge is -2.20. The van der Waals surface area contributed by atoms with Crippen molar-refractivity contribution in [2.45, 2.75) is 26.3 Å². The summed E-state index contributed by atoms with van der Waals surface area (Å²) < 4.78 is 2.06. The summed E-state index contributed by atoms with van der Waals surface area (Å²) in [4.78, 5) is 12.6. The predicted octanol–water partition coefficient (Wildman–Crippen LogP) is 5.38. The van der Waals surface area contributed by atoms with Gasteiger partial charge in [-0.25, -0.2) is 0 Å². The smallest absolute Gasteiger partial charge is 0.226 e. The SMILES string of the molecule is Cc1cccc(C(CC(=O)Nc2ccc(C)cc2Cl)n2cccc2)c1. The number of nitrogens with zero attached hydrogens (tertiary/aromatic N) is 1. The summed E-state index contributed by atoms with van der Waals surface area (Å²) in [5.41, 5.74) is 4.00. The number of hydrogen-bond acceptors (Lipinski definition) is 1. The minimum absolute atomic E-state index is 0.0564. The van der Waals surface area contributed by atoms with Gasteiger partial charge in [0.1, 0.15) is 0 Å². The van der Waals surface area contributed by atoms with Crippen LogP contribution in [0.2, 0.25) is 5.02 Å². The van der Waals surface area contributed by atoms with Gasteiger partial charge in [0.2, 0.25) is 5.91 Å². The average Bonchev–Trinajstić information content (AvgIpc) is 3.09. The Kier molecular flexibility index (Phi) is 5.25. The van der Waals surface area contributed by atoms with E-state index in [9.17, 15) is 4.79 Å². The molecule has 0 spiro atoms. The monoisotopic (exact) mass is 352 g/mol. The van der Waals surface area contributed by atoms with Crippen molar-refractivity contribution in [1.82, 2.24) is 4.57 Å². The Bertz CT molecular complexity index is 871. The second-order valence-corrected chi connectivity index (χ2v) is 6.70. The summed E-state index contributed by atoms with van der Waals surface area (Å²) in [7, 11) is 0. The number of amides is 1.